The number of aliphatic hydroxyl groups excluding tert-OH is 1. The predicted octanol–water partition coefficient (Wildman–Crippen LogP) is -2.24. The standard InChI is InChI=1S/C9H14N2O5/c12-6-9(15,16)8(13,14)2-1-7-5-10-3-4-11-7/h3-5,12-16H,1-2,6H2. The molecule has 7 heteroatoms. The van der Waals surface area contributed by atoms with Crippen LogP contribution in [0.3, 0.4) is 0 Å². The van der Waals surface area contributed by atoms with Crippen LogP contribution in [0.5, 0.6) is 0 Å². The molecule has 0 fully saturated rings. The lowest BCUT2D eigenvalue weighted by Crippen LogP contribution is -2.57. The summed E-state index contributed by atoms with van der Waals surface area (Å²) in [6.07, 6.45) is 4.02. The largest absolute Gasteiger partial charge is 0.391 e. The monoisotopic (exact) mass is 230 g/mol. The molecule has 0 atom stereocenters. The first-order valence-corrected chi connectivity index (χ1v) is 4.64. The molecule has 1 aromatic heterocycles. The minimum atomic E-state index is -2.96. The Hall–Kier alpha value is -1.12. The fourth-order valence-corrected chi connectivity index (χ4v) is 1.09. The molecule has 0 radical (unpaired) electrons. The summed E-state index contributed by atoms with van der Waals surface area (Å²) < 4.78 is 0. The maximum Gasteiger partial charge on any atom is 0.242 e. The molecule has 1 rings (SSSR count). The Morgan fingerprint density at radius 3 is 2.25 bits per heavy atom. The van der Waals surface area contributed by atoms with Gasteiger partial charge in [0, 0.05) is 25.0 Å². The van der Waals surface area contributed by atoms with Crippen molar-refractivity contribution in [3.8, 4) is 0 Å². The van der Waals surface area contributed by atoms with Crippen molar-refractivity contribution >= 4 is 0 Å². The molecule has 7 nitrogen and oxygen atoms in total. The highest BCUT2D eigenvalue weighted by molar-refractivity contribution is 4.96. The summed E-state index contributed by atoms with van der Waals surface area (Å²) in [6.45, 7) is -1.18. The van der Waals surface area contributed by atoms with Gasteiger partial charge in [-0.3, -0.25) is 9.97 Å². The third-order valence-electron chi connectivity index (χ3n) is 2.21. The molecule has 0 unspecified atom stereocenters. The Morgan fingerprint density at radius 1 is 1.06 bits per heavy atom. The Kier molecular flexibility index (Phi) is 3.89. The number of aliphatic hydroxyl groups is 5. The zero-order valence-electron chi connectivity index (χ0n) is 8.48. The molecule has 0 saturated carbocycles. The van der Waals surface area contributed by atoms with Crippen molar-refractivity contribution < 1.29 is 25.5 Å². The second-order valence-electron chi connectivity index (χ2n) is 3.49. The van der Waals surface area contributed by atoms with E-state index in [-0.39, 0.29) is 12.8 Å². The molecule has 0 spiro atoms. The molecule has 0 bridgehead atoms. The number of hydrogen-bond donors (Lipinski definition) is 5. The van der Waals surface area contributed by atoms with Crippen molar-refractivity contribution in [2.24, 2.45) is 0 Å². The van der Waals surface area contributed by atoms with Gasteiger partial charge in [-0.2, -0.15) is 0 Å². The molecule has 90 valence electrons. The molecule has 0 aliphatic rings. The van der Waals surface area contributed by atoms with E-state index in [2.05, 4.69) is 9.97 Å². The van der Waals surface area contributed by atoms with Crippen molar-refractivity contribution in [3.05, 3.63) is 24.3 Å². The van der Waals surface area contributed by atoms with Crippen LogP contribution in [0.25, 0.3) is 0 Å². The SMILES string of the molecule is OCC(O)(O)C(O)(O)CCc1cnccn1. The first-order valence-electron chi connectivity index (χ1n) is 4.64. The van der Waals surface area contributed by atoms with Crippen LogP contribution in [-0.4, -0.2) is 53.7 Å². The Labute approximate surface area is 91.7 Å². The topological polar surface area (TPSA) is 127 Å². The summed E-state index contributed by atoms with van der Waals surface area (Å²) in [4.78, 5) is 7.65. The van der Waals surface area contributed by atoms with Gasteiger partial charge in [-0.25, -0.2) is 0 Å². The van der Waals surface area contributed by atoms with Gasteiger partial charge in [0.05, 0.1) is 5.69 Å². The number of nitrogens with zero attached hydrogens (tertiary/aromatic N) is 2. The third-order valence-corrected chi connectivity index (χ3v) is 2.21. The average Bonchev–Trinajstić information content (AvgIpc) is 2.27. The zero-order chi connectivity index (χ0) is 12.2. The molecule has 0 aliphatic heterocycles. The van der Waals surface area contributed by atoms with E-state index in [1.54, 1.807) is 0 Å². The minimum absolute atomic E-state index is 0.0870. The maximum atomic E-state index is 9.35. The van der Waals surface area contributed by atoms with E-state index in [4.69, 9.17) is 15.3 Å². The molecule has 1 heterocycles. The average molecular weight is 230 g/mol. The first-order chi connectivity index (χ1) is 7.39. The summed E-state index contributed by atoms with van der Waals surface area (Å²) in [5, 5.41) is 45.5. The van der Waals surface area contributed by atoms with Crippen LogP contribution >= 0.6 is 0 Å². The quantitative estimate of drug-likeness (QED) is 0.362. The van der Waals surface area contributed by atoms with E-state index in [1.807, 2.05) is 0 Å². The van der Waals surface area contributed by atoms with E-state index < -0.39 is 18.2 Å². The van der Waals surface area contributed by atoms with Crippen LogP contribution < -0.4 is 0 Å². The summed E-state index contributed by atoms with van der Waals surface area (Å²) in [5.41, 5.74) is 0.476. The van der Waals surface area contributed by atoms with E-state index in [1.165, 1.54) is 18.6 Å². The van der Waals surface area contributed by atoms with E-state index >= 15 is 0 Å². The summed E-state index contributed by atoms with van der Waals surface area (Å²) in [6, 6.07) is 0. The van der Waals surface area contributed by atoms with Crippen molar-refractivity contribution in [1.82, 2.24) is 9.97 Å². The molecular weight excluding hydrogens is 216 g/mol. The van der Waals surface area contributed by atoms with Gasteiger partial charge in [-0.15, -0.1) is 0 Å². The van der Waals surface area contributed by atoms with Gasteiger partial charge in [0.2, 0.25) is 11.6 Å². The molecule has 0 aliphatic carbocycles. The number of hydrogen-bond acceptors (Lipinski definition) is 7. The predicted molar refractivity (Wildman–Crippen MR) is 51.8 cm³/mol. The molecular formula is C9H14N2O5. The molecule has 0 saturated heterocycles. The number of rotatable bonds is 5. The second-order valence-corrected chi connectivity index (χ2v) is 3.49. The zero-order valence-corrected chi connectivity index (χ0v) is 8.48. The smallest absolute Gasteiger partial charge is 0.242 e. The lowest BCUT2D eigenvalue weighted by molar-refractivity contribution is -0.367. The molecule has 0 aromatic carbocycles. The van der Waals surface area contributed by atoms with Crippen LogP contribution in [-0.2, 0) is 6.42 Å². The lowest BCUT2D eigenvalue weighted by atomic mass is 10.0. The molecule has 1 aromatic rings. The Balaban J connectivity index is 2.61. The van der Waals surface area contributed by atoms with E-state index in [0.29, 0.717) is 5.69 Å². The van der Waals surface area contributed by atoms with Crippen LogP contribution in [0.2, 0.25) is 0 Å². The minimum Gasteiger partial charge on any atom is -0.391 e. The van der Waals surface area contributed by atoms with Gasteiger partial charge in [0.1, 0.15) is 6.61 Å². The normalized spacial score (nSPS) is 12.8. The Bertz CT molecular complexity index is 328. The fraction of sp³-hybridized carbons (Fsp3) is 0.556. The van der Waals surface area contributed by atoms with Gasteiger partial charge in [0.15, 0.2) is 0 Å². The maximum absolute atomic E-state index is 9.35. The van der Waals surface area contributed by atoms with Gasteiger partial charge in [0.25, 0.3) is 0 Å². The molecule has 5 N–H and O–H groups in total. The van der Waals surface area contributed by atoms with Gasteiger partial charge >= 0.3 is 0 Å². The summed E-state index contributed by atoms with van der Waals surface area (Å²) in [5.74, 6) is -5.77. The van der Waals surface area contributed by atoms with Crippen molar-refractivity contribution in [2.45, 2.75) is 24.4 Å². The molecule has 16 heavy (non-hydrogen) atoms. The number of aryl methyl sites for hydroxylation is 1. The van der Waals surface area contributed by atoms with Gasteiger partial charge in [-0.05, 0) is 6.42 Å². The highest BCUT2D eigenvalue weighted by Gasteiger charge is 2.46. The van der Waals surface area contributed by atoms with Crippen LogP contribution in [0.1, 0.15) is 12.1 Å². The second kappa shape index (κ2) is 4.81. The highest BCUT2D eigenvalue weighted by Crippen LogP contribution is 2.21. The van der Waals surface area contributed by atoms with E-state index in [0.717, 1.165) is 0 Å². The van der Waals surface area contributed by atoms with Crippen LogP contribution in [0.15, 0.2) is 18.6 Å². The summed E-state index contributed by atoms with van der Waals surface area (Å²) >= 11 is 0. The van der Waals surface area contributed by atoms with E-state index in [9.17, 15) is 10.2 Å². The van der Waals surface area contributed by atoms with Crippen LogP contribution in [0.4, 0.5) is 0 Å². The van der Waals surface area contributed by atoms with Crippen molar-refractivity contribution in [3.63, 3.8) is 0 Å². The third kappa shape index (κ3) is 2.94. The first kappa shape index (κ1) is 12.9. The number of aromatic nitrogens is 2. The molecule has 0 amide bonds. The highest BCUT2D eigenvalue weighted by atomic mass is 16.6. The van der Waals surface area contributed by atoms with Crippen molar-refractivity contribution in [2.75, 3.05) is 6.61 Å². The van der Waals surface area contributed by atoms with Gasteiger partial charge < -0.3 is 25.5 Å². The van der Waals surface area contributed by atoms with Gasteiger partial charge in [-0.1, -0.05) is 0 Å². The lowest BCUT2D eigenvalue weighted by Gasteiger charge is -2.33. The summed E-state index contributed by atoms with van der Waals surface area (Å²) in [7, 11) is 0. The van der Waals surface area contributed by atoms with Crippen LogP contribution in [0, 0.1) is 0 Å². The Morgan fingerprint density at radius 2 is 1.75 bits per heavy atom. The fourth-order valence-electron chi connectivity index (χ4n) is 1.09. The van der Waals surface area contributed by atoms with Crippen molar-refractivity contribution in [1.29, 1.82) is 0 Å².